The highest BCUT2D eigenvalue weighted by Gasteiger charge is 2.22. The summed E-state index contributed by atoms with van der Waals surface area (Å²) in [4.78, 5) is 11.2. The molecule has 0 saturated carbocycles. The number of fused-ring (bicyclic) bond motifs is 1. The predicted octanol–water partition coefficient (Wildman–Crippen LogP) is 2.66. The summed E-state index contributed by atoms with van der Waals surface area (Å²) in [6.45, 7) is 0. The molecule has 0 unspecified atom stereocenters. The Morgan fingerprint density at radius 1 is 1.16 bits per heavy atom. The molecule has 0 atom stereocenters. The van der Waals surface area contributed by atoms with Gasteiger partial charge < -0.3 is 10.0 Å². The molecule has 1 aromatic heterocycles. The first-order chi connectivity index (χ1) is 9.16. The van der Waals surface area contributed by atoms with E-state index < -0.39 is 0 Å². The minimum absolute atomic E-state index is 0.220. The van der Waals surface area contributed by atoms with E-state index in [1.807, 2.05) is 42.9 Å². The lowest BCUT2D eigenvalue weighted by Gasteiger charge is -2.16. The minimum Gasteiger partial charge on any atom is -0.507 e. The number of para-hydroxylation sites is 1. The highest BCUT2D eigenvalue weighted by atomic mass is 32.2. The van der Waals surface area contributed by atoms with Gasteiger partial charge in [0.05, 0.1) is 11.3 Å². The molecule has 0 radical (unpaired) electrons. The van der Waals surface area contributed by atoms with Crippen LogP contribution in [-0.2, 0) is 11.5 Å². The Balaban J connectivity index is 2.19. The maximum Gasteiger partial charge on any atom is 0.165 e. The molecule has 3 rings (SSSR count). The molecule has 19 heavy (non-hydrogen) atoms. The third-order valence-electron chi connectivity index (χ3n) is 3.12. The van der Waals surface area contributed by atoms with Gasteiger partial charge in [-0.1, -0.05) is 12.1 Å². The lowest BCUT2D eigenvalue weighted by Crippen LogP contribution is -2.14. The van der Waals surface area contributed by atoms with Crippen molar-refractivity contribution in [2.75, 3.05) is 19.0 Å². The van der Waals surface area contributed by atoms with E-state index in [0.717, 1.165) is 23.0 Å². The second-order valence-electron chi connectivity index (χ2n) is 4.70. The lowest BCUT2D eigenvalue weighted by molar-refractivity contribution is 0.477. The van der Waals surface area contributed by atoms with Gasteiger partial charge in [-0.15, -0.1) is 0 Å². The zero-order valence-corrected chi connectivity index (χ0v) is 11.7. The van der Waals surface area contributed by atoms with Crippen molar-refractivity contribution in [1.29, 1.82) is 0 Å². The fraction of sp³-hybridized carbons (Fsp3) is 0.286. The number of thioether (sulfide) groups is 1. The third-order valence-corrected chi connectivity index (χ3v) is 4.10. The van der Waals surface area contributed by atoms with Crippen LogP contribution in [0.25, 0.3) is 11.4 Å². The molecular weight excluding hydrogens is 258 g/mol. The van der Waals surface area contributed by atoms with Crippen LogP contribution in [0.1, 0.15) is 11.3 Å². The maximum atomic E-state index is 9.94. The van der Waals surface area contributed by atoms with Crippen LogP contribution in [0.4, 0.5) is 5.82 Å². The first-order valence-electron chi connectivity index (χ1n) is 6.10. The van der Waals surface area contributed by atoms with E-state index in [-0.39, 0.29) is 5.75 Å². The molecule has 1 aromatic carbocycles. The molecule has 98 valence electrons. The molecule has 0 amide bonds. The van der Waals surface area contributed by atoms with Crippen molar-refractivity contribution in [3.05, 3.63) is 35.5 Å². The molecular formula is C14H15N3OS. The Kier molecular flexibility index (Phi) is 3.06. The molecule has 0 bridgehead atoms. The van der Waals surface area contributed by atoms with E-state index in [0.29, 0.717) is 11.4 Å². The Bertz CT molecular complexity index is 628. The fourth-order valence-electron chi connectivity index (χ4n) is 2.19. The normalized spacial score (nSPS) is 13.4. The van der Waals surface area contributed by atoms with E-state index in [1.165, 1.54) is 5.56 Å². The zero-order chi connectivity index (χ0) is 13.4. The van der Waals surface area contributed by atoms with Crippen molar-refractivity contribution in [2.24, 2.45) is 0 Å². The van der Waals surface area contributed by atoms with E-state index >= 15 is 0 Å². The van der Waals surface area contributed by atoms with Crippen LogP contribution in [0.2, 0.25) is 0 Å². The van der Waals surface area contributed by atoms with E-state index in [1.54, 1.807) is 12.1 Å². The summed E-state index contributed by atoms with van der Waals surface area (Å²) in [5, 5.41) is 9.94. The first-order valence-corrected chi connectivity index (χ1v) is 7.25. The number of hydrogen-bond donors (Lipinski definition) is 1. The van der Waals surface area contributed by atoms with Crippen molar-refractivity contribution < 1.29 is 5.11 Å². The van der Waals surface area contributed by atoms with Crippen LogP contribution in [0, 0.1) is 0 Å². The quantitative estimate of drug-likeness (QED) is 0.911. The highest BCUT2D eigenvalue weighted by Crippen LogP contribution is 2.36. The van der Waals surface area contributed by atoms with E-state index in [9.17, 15) is 5.11 Å². The van der Waals surface area contributed by atoms with Crippen LogP contribution in [0.15, 0.2) is 24.3 Å². The van der Waals surface area contributed by atoms with Gasteiger partial charge >= 0.3 is 0 Å². The van der Waals surface area contributed by atoms with Crippen LogP contribution < -0.4 is 4.90 Å². The van der Waals surface area contributed by atoms with Gasteiger partial charge in [0, 0.05) is 31.2 Å². The van der Waals surface area contributed by atoms with Gasteiger partial charge in [-0.05, 0) is 12.1 Å². The molecule has 1 aliphatic rings. The lowest BCUT2D eigenvalue weighted by atomic mass is 10.1. The summed E-state index contributed by atoms with van der Waals surface area (Å²) in [5.41, 5.74) is 2.99. The second-order valence-corrected chi connectivity index (χ2v) is 5.69. The molecule has 2 heterocycles. The van der Waals surface area contributed by atoms with Crippen LogP contribution >= 0.6 is 11.8 Å². The average Bonchev–Trinajstić information content (AvgIpc) is 2.86. The summed E-state index contributed by atoms with van der Waals surface area (Å²) in [6, 6.07) is 7.19. The van der Waals surface area contributed by atoms with Gasteiger partial charge in [-0.2, -0.15) is 11.8 Å². The summed E-state index contributed by atoms with van der Waals surface area (Å²) in [5.74, 6) is 3.65. The van der Waals surface area contributed by atoms with Gasteiger partial charge in [0.25, 0.3) is 0 Å². The monoisotopic (exact) mass is 273 g/mol. The largest absolute Gasteiger partial charge is 0.507 e. The van der Waals surface area contributed by atoms with Gasteiger partial charge in [-0.3, -0.25) is 0 Å². The summed E-state index contributed by atoms with van der Waals surface area (Å²) >= 11 is 1.85. The number of phenols is 1. The SMILES string of the molecule is CN(C)c1nc(-c2ccccc2O)nc2c1CSC2. The van der Waals surface area contributed by atoms with Crippen molar-refractivity contribution >= 4 is 17.6 Å². The minimum atomic E-state index is 0.220. The number of hydrogen-bond acceptors (Lipinski definition) is 5. The topological polar surface area (TPSA) is 49.2 Å². The fourth-order valence-corrected chi connectivity index (χ4v) is 3.22. The van der Waals surface area contributed by atoms with E-state index in [2.05, 4.69) is 9.97 Å². The highest BCUT2D eigenvalue weighted by molar-refractivity contribution is 7.98. The van der Waals surface area contributed by atoms with Crippen molar-refractivity contribution in [3.8, 4) is 17.1 Å². The molecule has 5 heteroatoms. The Labute approximate surface area is 116 Å². The van der Waals surface area contributed by atoms with E-state index in [4.69, 9.17) is 0 Å². The third kappa shape index (κ3) is 2.14. The summed E-state index contributed by atoms with van der Waals surface area (Å²) in [7, 11) is 3.97. The number of rotatable bonds is 2. The van der Waals surface area contributed by atoms with Gasteiger partial charge in [-0.25, -0.2) is 9.97 Å². The van der Waals surface area contributed by atoms with Crippen LogP contribution in [-0.4, -0.2) is 29.2 Å². The maximum absolute atomic E-state index is 9.94. The standard InChI is InChI=1S/C14H15N3OS/c1-17(2)14-10-7-19-8-11(10)15-13(16-14)9-5-3-4-6-12(9)18/h3-6,18H,7-8H2,1-2H3. The summed E-state index contributed by atoms with van der Waals surface area (Å²) < 4.78 is 0. The number of nitrogens with zero attached hydrogens (tertiary/aromatic N) is 3. The van der Waals surface area contributed by atoms with Crippen molar-refractivity contribution in [1.82, 2.24) is 9.97 Å². The predicted molar refractivity (Wildman–Crippen MR) is 78.5 cm³/mol. The molecule has 0 aliphatic carbocycles. The molecule has 1 aliphatic heterocycles. The number of anilines is 1. The second kappa shape index (κ2) is 4.74. The molecule has 1 N–H and O–H groups in total. The molecule has 0 fully saturated rings. The van der Waals surface area contributed by atoms with Gasteiger partial charge in [0.15, 0.2) is 5.82 Å². The van der Waals surface area contributed by atoms with Gasteiger partial charge in [0.1, 0.15) is 11.6 Å². The number of benzene rings is 1. The Hall–Kier alpha value is -1.75. The summed E-state index contributed by atoms with van der Waals surface area (Å²) in [6.07, 6.45) is 0. The average molecular weight is 273 g/mol. The van der Waals surface area contributed by atoms with Crippen molar-refractivity contribution in [2.45, 2.75) is 11.5 Å². The van der Waals surface area contributed by atoms with Crippen molar-refractivity contribution in [3.63, 3.8) is 0 Å². The molecule has 2 aromatic rings. The smallest absolute Gasteiger partial charge is 0.165 e. The Morgan fingerprint density at radius 3 is 2.68 bits per heavy atom. The van der Waals surface area contributed by atoms with Gasteiger partial charge in [0.2, 0.25) is 0 Å². The van der Waals surface area contributed by atoms with Crippen LogP contribution in [0.3, 0.4) is 0 Å². The number of aromatic hydroxyl groups is 1. The number of aromatic nitrogens is 2. The molecule has 4 nitrogen and oxygen atoms in total. The zero-order valence-electron chi connectivity index (χ0n) is 10.9. The molecule has 0 saturated heterocycles. The van der Waals surface area contributed by atoms with Crippen LogP contribution in [0.5, 0.6) is 5.75 Å². The Morgan fingerprint density at radius 2 is 1.95 bits per heavy atom. The number of phenolic OH excluding ortho intramolecular Hbond substituents is 1. The first kappa shape index (κ1) is 12.3. The molecule has 0 spiro atoms.